The first-order valence-corrected chi connectivity index (χ1v) is 8.01. The molecule has 0 bridgehead atoms. The van der Waals surface area contributed by atoms with Gasteiger partial charge in [-0.2, -0.15) is 8.42 Å². The van der Waals surface area contributed by atoms with Crippen LogP contribution in [0, 0.1) is 0 Å². The Morgan fingerprint density at radius 1 is 0.667 bits per heavy atom. The van der Waals surface area contributed by atoms with E-state index in [1.807, 2.05) is 0 Å². The minimum atomic E-state index is -4.67. The molecule has 0 atom stereocenters. The second-order valence-corrected chi connectivity index (χ2v) is 5.17. The second kappa shape index (κ2) is 17.6. The Balaban J connectivity index is -0.000000321. The molecule has 6 heteroatoms. The molecule has 0 amide bonds. The van der Waals surface area contributed by atoms with E-state index in [1.54, 1.807) is 0 Å². The standard InChI is InChI=1S/C12H26.Ag.H2O4S/c1-3-5-7-9-11-12-10-8-6-4-2;;1-5(2,3)4/h3-12H2,1-2H3;;(H2,1,2,3,4). The third-order valence-corrected chi connectivity index (χ3v) is 2.46. The first-order chi connectivity index (χ1) is 7.91. The molecule has 2 N–H and O–H groups in total. The molecular formula is C12H28AgO4S. The van der Waals surface area contributed by atoms with Crippen molar-refractivity contribution in [3.63, 3.8) is 0 Å². The molecule has 0 aliphatic carbocycles. The number of hydrogen-bond acceptors (Lipinski definition) is 2. The molecule has 0 aromatic heterocycles. The average molecular weight is 376 g/mol. The molecule has 0 saturated carbocycles. The van der Waals surface area contributed by atoms with Gasteiger partial charge in [0.2, 0.25) is 0 Å². The predicted octanol–water partition coefficient (Wildman–Crippen LogP) is 4.27. The van der Waals surface area contributed by atoms with E-state index >= 15 is 0 Å². The van der Waals surface area contributed by atoms with E-state index in [0.717, 1.165) is 0 Å². The van der Waals surface area contributed by atoms with Crippen LogP contribution < -0.4 is 0 Å². The van der Waals surface area contributed by atoms with E-state index in [1.165, 1.54) is 64.2 Å². The molecule has 0 saturated heterocycles. The summed E-state index contributed by atoms with van der Waals surface area (Å²) in [7, 11) is -4.67. The van der Waals surface area contributed by atoms with Gasteiger partial charge < -0.3 is 0 Å². The van der Waals surface area contributed by atoms with Gasteiger partial charge in [0.1, 0.15) is 0 Å². The van der Waals surface area contributed by atoms with E-state index in [2.05, 4.69) is 13.8 Å². The minimum absolute atomic E-state index is 0. The van der Waals surface area contributed by atoms with Gasteiger partial charge in [0.15, 0.2) is 0 Å². The molecule has 4 nitrogen and oxygen atoms in total. The third-order valence-electron chi connectivity index (χ3n) is 2.46. The molecule has 117 valence electrons. The summed E-state index contributed by atoms with van der Waals surface area (Å²) in [6.07, 6.45) is 14.4. The van der Waals surface area contributed by atoms with Crippen LogP contribution in [0.3, 0.4) is 0 Å². The first-order valence-electron chi connectivity index (χ1n) is 6.61. The summed E-state index contributed by atoms with van der Waals surface area (Å²) in [4.78, 5) is 0. The van der Waals surface area contributed by atoms with Crippen molar-refractivity contribution in [2.75, 3.05) is 0 Å². The molecule has 0 heterocycles. The Morgan fingerprint density at radius 2 is 0.833 bits per heavy atom. The van der Waals surface area contributed by atoms with Gasteiger partial charge in [0, 0.05) is 22.4 Å². The van der Waals surface area contributed by atoms with Crippen LogP contribution in [0.25, 0.3) is 0 Å². The quantitative estimate of drug-likeness (QED) is 0.358. The smallest absolute Gasteiger partial charge is 0.264 e. The fraction of sp³-hybridized carbons (Fsp3) is 1.00. The van der Waals surface area contributed by atoms with Gasteiger partial charge in [-0.05, 0) is 0 Å². The summed E-state index contributed by atoms with van der Waals surface area (Å²) >= 11 is 0. The Morgan fingerprint density at radius 3 is 1.00 bits per heavy atom. The molecule has 0 spiro atoms. The van der Waals surface area contributed by atoms with Crippen molar-refractivity contribution in [2.45, 2.75) is 78.1 Å². The summed E-state index contributed by atoms with van der Waals surface area (Å²) in [6.45, 7) is 4.56. The zero-order valence-electron chi connectivity index (χ0n) is 11.5. The van der Waals surface area contributed by atoms with Gasteiger partial charge in [-0.15, -0.1) is 0 Å². The SMILES string of the molecule is CCCCCCCCCCCC.O=S(=O)(O)O.[Ag]. The molecule has 0 aromatic rings. The Bertz CT molecular complexity index is 212. The minimum Gasteiger partial charge on any atom is -0.264 e. The summed E-state index contributed by atoms with van der Waals surface area (Å²) in [6, 6.07) is 0. The summed E-state index contributed by atoms with van der Waals surface area (Å²) in [5, 5.41) is 0. The van der Waals surface area contributed by atoms with Crippen LogP contribution in [0.4, 0.5) is 0 Å². The van der Waals surface area contributed by atoms with Crippen LogP contribution in [-0.2, 0) is 32.8 Å². The Labute approximate surface area is 128 Å². The van der Waals surface area contributed by atoms with Gasteiger partial charge in [-0.25, -0.2) is 0 Å². The van der Waals surface area contributed by atoms with Crippen LogP contribution in [0.1, 0.15) is 78.1 Å². The van der Waals surface area contributed by atoms with Gasteiger partial charge in [-0.3, -0.25) is 9.11 Å². The van der Waals surface area contributed by atoms with Crippen LogP contribution in [0.2, 0.25) is 0 Å². The van der Waals surface area contributed by atoms with Crippen LogP contribution in [-0.4, -0.2) is 17.5 Å². The summed E-state index contributed by atoms with van der Waals surface area (Å²) in [5.74, 6) is 0. The van der Waals surface area contributed by atoms with E-state index in [4.69, 9.17) is 17.5 Å². The fourth-order valence-electron chi connectivity index (χ4n) is 1.56. The van der Waals surface area contributed by atoms with Crippen LogP contribution in [0.15, 0.2) is 0 Å². The maximum atomic E-state index is 8.74. The summed E-state index contributed by atoms with van der Waals surface area (Å²) < 4.78 is 31.6. The maximum absolute atomic E-state index is 8.74. The average Bonchev–Trinajstić information content (AvgIpc) is 2.20. The molecule has 0 aliphatic heterocycles. The molecular weight excluding hydrogens is 348 g/mol. The van der Waals surface area contributed by atoms with Crippen molar-refractivity contribution >= 4 is 10.4 Å². The van der Waals surface area contributed by atoms with Gasteiger partial charge >= 0.3 is 10.4 Å². The van der Waals surface area contributed by atoms with Crippen molar-refractivity contribution in [2.24, 2.45) is 0 Å². The molecule has 0 unspecified atom stereocenters. The van der Waals surface area contributed by atoms with Crippen molar-refractivity contribution in [3.05, 3.63) is 0 Å². The fourth-order valence-corrected chi connectivity index (χ4v) is 1.56. The van der Waals surface area contributed by atoms with Crippen LogP contribution in [0.5, 0.6) is 0 Å². The first kappa shape index (κ1) is 23.7. The topological polar surface area (TPSA) is 74.6 Å². The van der Waals surface area contributed by atoms with Crippen molar-refractivity contribution < 1.29 is 39.9 Å². The van der Waals surface area contributed by atoms with Gasteiger partial charge in [0.05, 0.1) is 0 Å². The zero-order valence-corrected chi connectivity index (χ0v) is 13.8. The largest absolute Gasteiger partial charge is 0.394 e. The Kier molecular flexibility index (Phi) is 23.2. The second-order valence-electron chi connectivity index (χ2n) is 4.28. The van der Waals surface area contributed by atoms with Gasteiger partial charge in [0.25, 0.3) is 0 Å². The maximum Gasteiger partial charge on any atom is 0.394 e. The molecule has 0 rings (SSSR count). The third kappa shape index (κ3) is 43.8. The molecule has 18 heavy (non-hydrogen) atoms. The normalized spacial score (nSPS) is 10.2. The number of rotatable bonds is 9. The van der Waals surface area contributed by atoms with E-state index < -0.39 is 10.4 Å². The Hall–Kier alpha value is 0.610. The van der Waals surface area contributed by atoms with Crippen molar-refractivity contribution in [1.82, 2.24) is 0 Å². The van der Waals surface area contributed by atoms with Crippen molar-refractivity contribution in [1.29, 1.82) is 0 Å². The van der Waals surface area contributed by atoms with E-state index in [0.29, 0.717) is 0 Å². The molecule has 0 aliphatic rings. The zero-order chi connectivity index (χ0) is 13.6. The van der Waals surface area contributed by atoms with E-state index in [-0.39, 0.29) is 22.4 Å². The van der Waals surface area contributed by atoms with Crippen molar-refractivity contribution in [3.8, 4) is 0 Å². The predicted molar refractivity (Wildman–Crippen MR) is 71.7 cm³/mol. The number of unbranched alkanes of at least 4 members (excludes halogenated alkanes) is 9. The molecule has 1 radical (unpaired) electrons. The number of hydrogen-bond donors (Lipinski definition) is 2. The van der Waals surface area contributed by atoms with E-state index in [9.17, 15) is 0 Å². The van der Waals surface area contributed by atoms with Gasteiger partial charge in [-0.1, -0.05) is 78.1 Å². The molecule has 0 aromatic carbocycles. The molecule has 0 fully saturated rings. The summed E-state index contributed by atoms with van der Waals surface area (Å²) in [5.41, 5.74) is 0. The van der Waals surface area contributed by atoms with Crippen LogP contribution >= 0.6 is 0 Å². The monoisotopic (exact) mass is 375 g/mol.